The average molecular weight is 466 g/mol. The predicted octanol–water partition coefficient (Wildman–Crippen LogP) is 4.62. The first-order valence-corrected chi connectivity index (χ1v) is 12.7. The van der Waals surface area contributed by atoms with Crippen LogP contribution in [0.1, 0.15) is 13.8 Å². The Morgan fingerprint density at radius 1 is 0.970 bits per heavy atom. The van der Waals surface area contributed by atoms with E-state index in [-0.39, 0.29) is 6.54 Å². The standard InChI is InChI=1S/C25H27N3O4S/c1-4-27-21-11-7-6-10-19(21)20-16-18(14-15-22(20)27)26-25(29)17-28(33(3,30)31)23-12-8-9-13-24(23)32-5-2/h6-16H,4-5,17H2,1-3H3,(H,26,29). The predicted molar refractivity (Wildman–Crippen MR) is 134 cm³/mol. The Bertz CT molecular complexity index is 1430. The van der Waals surface area contributed by atoms with Gasteiger partial charge in [-0.25, -0.2) is 8.42 Å². The summed E-state index contributed by atoms with van der Waals surface area (Å²) < 4.78 is 33.9. The molecular formula is C25H27N3O4S. The first-order chi connectivity index (χ1) is 15.8. The van der Waals surface area contributed by atoms with Crippen molar-refractivity contribution in [2.75, 3.05) is 29.0 Å². The van der Waals surface area contributed by atoms with Gasteiger partial charge in [0.1, 0.15) is 12.3 Å². The third kappa shape index (κ3) is 4.52. The number of sulfonamides is 1. The van der Waals surface area contributed by atoms with E-state index in [4.69, 9.17) is 4.74 Å². The van der Waals surface area contributed by atoms with Crippen molar-refractivity contribution in [1.29, 1.82) is 0 Å². The fourth-order valence-electron chi connectivity index (χ4n) is 4.12. The lowest BCUT2D eigenvalue weighted by Gasteiger charge is -2.24. The Balaban J connectivity index is 1.64. The van der Waals surface area contributed by atoms with Gasteiger partial charge in [-0.05, 0) is 50.2 Å². The molecular weight excluding hydrogens is 438 g/mol. The molecule has 172 valence electrons. The minimum atomic E-state index is -3.72. The fraction of sp³-hybridized carbons (Fsp3) is 0.240. The van der Waals surface area contributed by atoms with E-state index in [1.807, 2.05) is 37.3 Å². The van der Waals surface area contributed by atoms with Gasteiger partial charge in [0.25, 0.3) is 0 Å². The summed E-state index contributed by atoms with van der Waals surface area (Å²) in [6.07, 6.45) is 1.08. The molecule has 0 aliphatic carbocycles. The molecule has 4 aromatic rings. The van der Waals surface area contributed by atoms with Gasteiger partial charge in [-0.1, -0.05) is 30.3 Å². The van der Waals surface area contributed by atoms with E-state index in [0.29, 0.717) is 23.7 Å². The second-order valence-corrected chi connectivity index (χ2v) is 9.62. The fourth-order valence-corrected chi connectivity index (χ4v) is 4.98. The smallest absolute Gasteiger partial charge is 0.245 e. The van der Waals surface area contributed by atoms with E-state index in [1.165, 1.54) is 0 Å². The number of anilines is 2. The maximum absolute atomic E-state index is 12.9. The molecule has 0 radical (unpaired) electrons. The quantitative estimate of drug-likeness (QED) is 0.412. The normalized spacial score (nSPS) is 11.6. The molecule has 33 heavy (non-hydrogen) atoms. The first-order valence-electron chi connectivity index (χ1n) is 10.8. The lowest BCUT2D eigenvalue weighted by atomic mass is 10.1. The van der Waals surface area contributed by atoms with Crippen LogP contribution in [0.4, 0.5) is 11.4 Å². The molecule has 8 heteroatoms. The summed E-state index contributed by atoms with van der Waals surface area (Å²) in [6, 6.07) is 20.7. The van der Waals surface area contributed by atoms with Gasteiger partial charge in [-0.3, -0.25) is 9.10 Å². The van der Waals surface area contributed by atoms with Gasteiger partial charge in [0.15, 0.2) is 0 Å². The number of hydrogen-bond acceptors (Lipinski definition) is 4. The monoisotopic (exact) mass is 465 g/mol. The second kappa shape index (κ2) is 9.15. The maximum atomic E-state index is 12.9. The molecule has 0 saturated heterocycles. The van der Waals surface area contributed by atoms with E-state index >= 15 is 0 Å². The Kier molecular flexibility index (Phi) is 6.29. The maximum Gasteiger partial charge on any atom is 0.245 e. The molecule has 0 atom stereocenters. The Morgan fingerprint density at radius 3 is 2.39 bits per heavy atom. The number of nitrogens with zero attached hydrogens (tertiary/aromatic N) is 2. The molecule has 0 saturated carbocycles. The van der Waals surface area contributed by atoms with Crippen molar-refractivity contribution in [2.45, 2.75) is 20.4 Å². The molecule has 0 spiro atoms. The third-order valence-electron chi connectivity index (χ3n) is 5.49. The molecule has 1 aromatic heterocycles. The van der Waals surface area contributed by atoms with Crippen molar-refractivity contribution in [2.24, 2.45) is 0 Å². The zero-order valence-corrected chi connectivity index (χ0v) is 19.7. The topological polar surface area (TPSA) is 80.6 Å². The van der Waals surface area contributed by atoms with Crippen molar-refractivity contribution < 1.29 is 17.9 Å². The van der Waals surface area contributed by atoms with E-state index in [2.05, 4.69) is 28.9 Å². The molecule has 1 heterocycles. The highest BCUT2D eigenvalue weighted by atomic mass is 32.2. The Hall–Kier alpha value is -3.52. The van der Waals surface area contributed by atoms with Gasteiger partial charge in [0, 0.05) is 34.0 Å². The minimum Gasteiger partial charge on any atom is -0.492 e. The number of aromatic nitrogens is 1. The van der Waals surface area contributed by atoms with Crippen LogP contribution in [0, 0.1) is 0 Å². The molecule has 1 amide bonds. The number of ether oxygens (including phenoxy) is 1. The number of amides is 1. The first kappa shape index (κ1) is 22.7. The van der Waals surface area contributed by atoms with Gasteiger partial charge < -0.3 is 14.6 Å². The minimum absolute atomic E-state index is 0.332. The lowest BCUT2D eigenvalue weighted by Crippen LogP contribution is -2.37. The van der Waals surface area contributed by atoms with Crippen LogP contribution in [-0.4, -0.2) is 38.3 Å². The average Bonchev–Trinajstić information content (AvgIpc) is 3.10. The molecule has 0 unspecified atom stereocenters. The highest BCUT2D eigenvalue weighted by Crippen LogP contribution is 2.32. The second-order valence-electron chi connectivity index (χ2n) is 7.71. The molecule has 1 N–H and O–H groups in total. The van der Waals surface area contributed by atoms with Crippen LogP contribution in [0.25, 0.3) is 21.8 Å². The number of nitrogens with one attached hydrogen (secondary N) is 1. The number of para-hydroxylation sites is 3. The molecule has 4 rings (SSSR count). The van der Waals surface area contributed by atoms with Crippen LogP contribution in [0.5, 0.6) is 5.75 Å². The van der Waals surface area contributed by atoms with E-state index in [9.17, 15) is 13.2 Å². The molecule has 0 bridgehead atoms. The van der Waals surface area contributed by atoms with Crippen molar-refractivity contribution in [3.05, 3.63) is 66.7 Å². The van der Waals surface area contributed by atoms with E-state index < -0.39 is 15.9 Å². The summed E-state index contributed by atoms with van der Waals surface area (Å²) in [4.78, 5) is 12.9. The van der Waals surface area contributed by atoms with Crippen LogP contribution >= 0.6 is 0 Å². The van der Waals surface area contributed by atoms with Crippen molar-refractivity contribution >= 4 is 49.1 Å². The number of hydrogen-bond donors (Lipinski definition) is 1. The zero-order chi connectivity index (χ0) is 23.6. The van der Waals surface area contributed by atoms with Gasteiger partial charge >= 0.3 is 0 Å². The summed E-state index contributed by atoms with van der Waals surface area (Å²) in [7, 11) is -3.72. The van der Waals surface area contributed by atoms with Gasteiger partial charge in [-0.15, -0.1) is 0 Å². The van der Waals surface area contributed by atoms with Crippen LogP contribution < -0.4 is 14.4 Å². The van der Waals surface area contributed by atoms with Crippen molar-refractivity contribution in [3.63, 3.8) is 0 Å². The molecule has 0 fully saturated rings. The summed E-state index contributed by atoms with van der Waals surface area (Å²) in [6.45, 7) is 4.77. The number of carbonyl (C=O) groups excluding carboxylic acids is 1. The molecule has 7 nitrogen and oxygen atoms in total. The number of carbonyl (C=O) groups is 1. The Morgan fingerprint density at radius 2 is 1.67 bits per heavy atom. The highest BCUT2D eigenvalue weighted by Gasteiger charge is 2.24. The van der Waals surface area contributed by atoms with Crippen LogP contribution in [0.3, 0.4) is 0 Å². The SMILES string of the molecule is CCOc1ccccc1N(CC(=O)Nc1ccc2c(c1)c1ccccc1n2CC)S(C)(=O)=O. The molecule has 0 aliphatic rings. The Labute approximate surface area is 193 Å². The largest absolute Gasteiger partial charge is 0.492 e. The van der Waals surface area contributed by atoms with Crippen LogP contribution in [-0.2, 0) is 21.4 Å². The van der Waals surface area contributed by atoms with Gasteiger partial charge in [0.2, 0.25) is 15.9 Å². The summed E-state index contributed by atoms with van der Waals surface area (Å²) in [5.74, 6) is -0.0303. The van der Waals surface area contributed by atoms with E-state index in [1.54, 1.807) is 24.3 Å². The number of aryl methyl sites for hydroxylation is 1. The summed E-state index contributed by atoms with van der Waals surface area (Å²) in [5.41, 5.74) is 3.16. The van der Waals surface area contributed by atoms with Crippen LogP contribution in [0.2, 0.25) is 0 Å². The molecule has 0 aliphatic heterocycles. The highest BCUT2D eigenvalue weighted by molar-refractivity contribution is 7.92. The lowest BCUT2D eigenvalue weighted by molar-refractivity contribution is -0.114. The van der Waals surface area contributed by atoms with Gasteiger partial charge in [0.05, 0.1) is 18.6 Å². The molecule has 3 aromatic carbocycles. The number of fused-ring (bicyclic) bond motifs is 3. The van der Waals surface area contributed by atoms with Crippen molar-refractivity contribution in [1.82, 2.24) is 4.57 Å². The summed E-state index contributed by atoms with van der Waals surface area (Å²) in [5, 5.41) is 4.99. The van der Waals surface area contributed by atoms with E-state index in [0.717, 1.165) is 38.9 Å². The summed E-state index contributed by atoms with van der Waals surface area (Å²) >= 11 is 0. The zero-order valence-electron chi connectivity index (χ0n) is 18.9. The van der Waals surface area contributed by atoms with Crippen molar-refractivity contribution in [3.8, 4) is 5.75 Å². The van der Waals surface area contributed by atoms with Gasteiger partial charge in [-0.2, -0.15) is 0 Å². The van der Waals surface area contributed by atoms with Crippen LogP contribution in [0.15, 0.2) is 66.7 Å². The number of rotatable bonds is 8. The third-order valence-corrected chi connectivity index (χ3v) is 6.62. The number of benzene rings is 3.